The van der Waals surface area contributed by atoms with Crippen LogP contribution in [0.3, 0.4) is 0 Å². The molecule has 0 aliphatic heterocycles. The van der Waals surface area contributed by atoms with E-state index in [2.05, 4.69) is 10.6 Å². The van der Waals surface area contributed by atoms with E-state index in [1.165, 1.54) is 0 Å². The van der Waals surface area contributed by atoms with E-state index in [9.17, 15) is 44.6 Å². The van der Waals surface area contributed by atoms with Gasteiger partial charge in [-0.3, -0.25) is 19.7 Å². The molecule has 12 nitrogen and oxygen atoms in total. The Morgan fingerprint density at radius 3 is 1.91 bits per heavy atom. The Hall–Kier alpha value is -4.48. The Balaban J connectivity index is 2.35. The van der Waals surface area contributed by atoms with Gasteiger partial charge in [-0.1, -0.05) is 19.8 Å². The van der Waals surface area contributed by atoms with Crippen molar-refractivity contribution in [2.24, 2.45) is 0 Å². The maximum absolute atomic E-state index is 12.9. The fourth-order valence-corrected chi connectivity index (χ4v) is 3.18. The number of carboxylic acid groups (broad SMARTS) is 2. The van der Waals surface area contributed by atoms with Crippen LogP contribution in [0.1, 0.15) is 74.0 Å². The van der Waals surface area contributed by atoms with Gasteiger partial charge >= 0.3 is 11.9 Å². The predicted molar refractivity (Wildman–Crippen MR) is 118 cm³/mol. The summed E-state index contributed by atoms with van der Waals surface area (Å²) in [4.78, 5) is 58.9. The summed E-state index contributed by atoms with van der Waals surface area (Å²) in [6, 6.07) is 5.84. The number of carbonyl (C=O) groups excluding carboxylic acids is 2. The Kier molecular flexibility index (Phi) is 8.65. The van der Waals surface area contributed by atoms with Gasteiger partial charge in [0.2, 0.25) is 0 Å². The molecule has 0 bridgehead atoms. The minimum atomic E-state index is -1.47. The van der Waals surface area contributed by atoms with Crippen molar-refractivity contribution in [1.29, 1.82) is 0 Å². The van der Waals surface area contributed by atoms with Gasteiger partial charge in [-0.15, -0.1) is 0 Å². The van der Waals surface area contributed by atoms with Crippen LogP contribution in [0.4, 0.5) is 5.69 Å². The van der Waals surface area contributed by atoms with Crippen molar-refractivity contribution in [2.45, 2.75) is 38.8 Å². The molecule has 1 unspecified atom stereocenters. The molecule has 0 saturated heterocycles. The minimum absolute atomic E-state index is 0.212. The van der Waals surface area contributed by atoms with Crippen LogP contribution < -0.4 is 10.6 Å². The maximum Gasteiger partial charge on any atom is 0.336 e. The minimum Gasteiger partial charge on any atom is -0.508 e. The van der Waals surface area contributed by atoms with E-state index in [-0.39, 0.29) is 23.3 Å². The zero-order valence-corrected chi connectivity index (χ0v) is 18.1. The molecule has 34 heavy (non-hydrogen) atoms. The number of aromatic hydroxyl groups is 1. The molecule has 12 heteroatoms. The Bertz CT molecular complexity index is 1130. The first-order valence-corrected chi connectivity index (χ1v) is 10.2. The van der Waals surface area contributed by atoms with E-state index in [0.29, 0.717) is 6.42 Å². The van der Waals surface area contributed by atoms with Gasteiger partial charge in [0.25, 0.3) is 17.5 Å². The van der Waals surface area contributed by atoms with Gasteiger partial charge in [-0.05, 0) is 37.1 Å². The number of nitrogens with zero attached hydrogens (tertiary/aromatic N) is 1. The molecule has 0 radical (unpaired) electrons. The number of phenolic OH excluding ortho intramolecular Hbond substituents is 1. The number of nitro groups is 1. The average Bonchev–Trinajstić information content (AvgIpc) is 2.78. The normalized spacial score (nSPS) is 11.3. The number of phenols is 1. The van der Waals surface area contributed by atoms with Crippen molar-refractivity contribution in [3.05, 3.63) is 68.8 Å². The van der Waals surface area contributed by atoms with Gasteiger partial charge < -0.3 is 26.0 Å². The number of benzene rings is 2. The molecule has 0 aliphatic carbocycles. The van der Waals surface area contributed by atoms with Gasteiger partial charge in [0, 0.05) is 12.1 Å². The number of unbranched alkanes of at least 4 members (excludes halogenated alkanes) is 2. The van der Waals surface area contributed by atoms with Gasteiger partial charge in [-0.25, -0.2) is 9.59 Å². The lowest BCUT2D eigenvalue weighted by Crippen LogP contribution is -2.48. The fourth-order valence-electron chi connectivity index (χ4n) is 3.18. The van der Waals surface area contributed by atoms with E-state index in [4.69, 9.17) is 0 Å². The lowest BCUT2D eigenvalue weighted by atomic mass is 10.0. The molecule has 5 N–H and O–H groups in total. The highest BCUT2D eigenvalue weighted by Crippen LogP contribution is 2.20. The van der Waals surface area contributed by atoms with Crippen LogP contribution >= 0.6 is 0 Å². The van der Waals surface area contributed by atoms with Crippen LogP contribution in [0.25, 0.3) is 0 Å². The van der Waals surface area contributed by atoms with E-state index in [1.807, 2.05) is 6.92 Å². The summed E-state index contributed by atoms with van der Waals surface area (Å²) in [6.07, 6.45) is 1.26. The third-order valence-electron chi connectivity index (χ3n) is 4.87. The molecular formula is C22H23N3O9. The second-order valence-corrected chi connectivity index (χ2v) is 7.32. The fraction of sp³-hybridized carbons (Fsp3) is 0.273. The number of aromatic carboxylic acids is 2. The number of hydrogen-bond acceptors (Lipinski definition) is 7. The Labute approximate surface area is 193 Å². The molecule has 2 aromatic rings. The van der Waals surface area contributed by atoms with Crippen LogP contribution in [-0.2, 0) is 0 Å². The summed E-state index contributed by atoms with van der Waals surface area (Å²) in [6.45, 7) is 1.93. The molecule has 0 heterocycles. The summed E-state index contributed by atoms with van der Waals surface area (Å²) in [5, 5.41) is 44.3. The lowest BCUT2D eigenvalue weighted by Gasteiger charge is -2.21. The topological polar surface area (TPSA) is 196 Å². The van der Waals surface area contributed by atoms with Crippen molar-refractivity contribution in [1.82, 2.24) is 10.6 Å². The third kappa shape index (κ3) is 6.51. The summed E-state index contributed by atoms with van der Waals surface area (Å²) < 4.78 is 0. The molecule has 0 saturated carbocycles. The highest BCUT2D eigenvalue weighted by atomic mass is 16.6. The van der Waals surface area contributed by atoms with E-state index in [0.717, 1.165) is 49.2 Å². The highest BCUT2D eigenvalue weighted by molar-refractivity contribution is 6.07. The van der Waals surface area contributed by atoms with Gasteiger partial charge in [0.15, 0.2) is 0 Å². The number of non-ortho nitro benzene ring substituents is 1. The van der Waals surface area contributed by atoms with Gasteiger partial charge in [-0.2, -0.15) is 0 Å². The smallest absolute Gasteiger partial charge is 0.336 e. The van der Waals surface area contributed by atoms with Crippen LogP contribution in [0.2, 0.25) is 0 Å². The van der Waals surface area contributed by atoms with Crippen LogP contribution in [-0.4, -0.2) is 50.2 Å². The summed E-state index contributed by atoms with van der Waals surface area (Å²) in [5.74, 6) is -5.09. The lowest BCUT2D eigenvalue weighted by molar-refractivity contribution is -0.384. The maximum atomic E-state index is 12.9. The van der Waals surface area contributed by atoms with Crippen molar-refractivity contribution in [3.8, 4) is 5.75 Å². The predicted octanol–water partition coefficient (Wildman–Crippen LogP) is 2.76. The van der Waals surface area contributed by atoms with Crippen molar-refractivity contribution in [3.63, 3.8) is 0 Å². The van der Waals surface area contributed by atoms with Crippen LogP contribution in [0, 0.1) is 10.1 Å². The first kappa shape index (κ1) is 25.8. The zero-order valence-electron chi connectivity index (χ0n) is 18.1. The number of amides is 2. The van der Waals surface area contributed by atoms with E-state index < -0.39 is 51.7 Å². The molecule has 1 atom stereocenters. The number of hydrogen-bond donors (Lipinski definition) is 5. The molecule has 0 aromatic heterocycles. The van der Waals surface area contributed by atoms with Crippen molar-refractivity contribution >= 4 is 29.4 Å². The Morgan fingerprint density at radius 2 is 1.41 bits per heavy atom. The van der Waals surface area contributed by atoms with E-state index >= 15 is 0 Å². The average molecular weight is 473 g/mol. The molecule has 0 aliphatic rings. The second kappa shape index (κ2) is 11.4. The standard InChI is InChI=1S/C22H23N3O9/c1-2-3-4-5-18(24-20(28)17-11-13(26)7-9-15(17)22(31)32)23-19(27)16-10-12(25(33)34)6-8-14(16)21(29)30/h6-11,18,26H,2-5H2,1H3,(H,23,27)(H,24,28)(H,29,30)(H,31,32). The summed E-state index contributed by atoms with van der Waals surface area (Å²) in [7, 11) is 0. The van der Waals surface area contributed by atoms with E-state index in [1.54, 1.807) is 0 Å². The second-order valence-electron chi connectivity index (χ2n) is 7.32. The van der Waals surface area contributed by atoms with Crippen molar-refractivity contribution < 1.29 is 39.4 Å². The highest BCUT2D eigenvalue weighted by Gasteiger charge is 2.25. The van der Waals surface area contributed by atoms with Crippen LogP contribution in [0.5, 0.6) is 5.75 Å². The first-order valence-electron chi connectivity index (χ1n) is 10.2. The molecule has 2 amide bonds. The van der Waals surface area contributed by atoms with Crippen molar-refractivity contribution in [2.75, 3.05) is 0 Å². The molecule has 180 valence electrons. The summed E-state index contributed by atoms with van der Waals surface area (Å²) in [5.41, 5.74) is -2.15. The molecular weight excluding hydrogens is 450 g/mol. The quantitative estimate of drug-likeness (QED) is 0.141. The SMILES string of the molecule is CCCCCC(NC(=O)c1cc(O)ccc1C(=O)O)NC(=O)c1cc([N+](=O)[O-])ccc1C(=O)O. The monoisotopic (exact) mass is 473 g/mol. The zero-order chi connectivity index (χ0) is 25.4. The van der Waals surface area contributed by atoms with Gasteiger partial charge in [0.1, 0.15) is 11.9 Å². The Morgan fingerprint density at radius 1 is 0.882 bits per heavy atom. The largest absolute Gasteiger partial charge is 0.508 e. The third-order valence-corrected chi connectivity index (χ3v) is 4.87. The molecule has 2 aromatic carbocycles. The number of rotatable bonds is 11. The summed E-state index contributed by atoms with van der Waals surface area (Å²) >= 11 is 0. The number of nitro benzene ring substituents is 1. The molecule has 2 rings (SSSR count). The van der Waals surface area contributed by atoms with Crippen LogP contribution in [0.15, 0.2) is 36.4 Å². The molecule has 0 fully saturated rings. The first-order chi connectivity index (χ1) is 16.0. The number of nitrogens with one attached hydrogen (secondary N) is 2. The number of carbonyl (C=O) groups is 4. The molecule has 0 spiro atoms. The van der Waals surface area contributed by atoms with Gasteiger partial charge in [0.05, 0.1) is 27.2 Å². The number of carboxylic acids is 2.